The first-order valence-electron chi connectivity index (χ1n) is 9.06. The molecule has 8 heteroatoms. The molecule has 28 heavy (non-hydrogen) atoms. The Morgan fingerprint density at radius 1 is 1.21 bits per heavy atom. The van der Waals surface area contributed by atoms with E-state index in [-0.39, 0.29) is 17.4 Å². The lowest BCUT2D eigenvalue weighted by Gasteiger charge is -2.22. The fraction of sp³-hybridized carbons (Fsp3) is 0.300. The molecule has 0 saturated heterocycles. The average Bonchev–Trinajstić information content (AvgIpc) is 3.28. The van der Waals surface area contributed by atoms with Crippen molar-refractivity contribution in [2.75, 3.05) is 10.6 Å². The van der Waals surface area contributed by atoms with Gasteiger partial charge in [-0.05, 0) is 37.1 Å². The number of furan rings is 1. The zero-order valence-corrected chi connectivity index (χ0v) is 16.2. The molecule has 0 fully saturated rings. The van der Waals surface area contributed by atoms with E-state index in [1.807, 2.05) is 32.0 Å². The average molecular weight is 402 g/mol. The van der Waals surface area contributed by atoms with Crippen LogP contribution in [-0.2, 0) is 6.54 Å². The number of anilines is 3. The van der Waals surface area contributed by atoms with Crippen LogP contribution in [0.25, 0.3) is 0 Å². The van der Waals surface area contributed by atoms with Gasteiger partial charge in [-0.1, -0.05) is 24.6 Å². The van der Waals surface area contributed by atoms with Gasteiger partial charge in [-0.25, -0.2) is 0 Å². The van der Waals surface area contributed by atoms with Crippen LogP contribution in [0, 0.1) is 6.92 Å². The molecule has 1 aromatic heterocycles. The highest BCUT2D eigenvalue weighted by Crippen LogP contribution is 2.38. The molecule has 0 aliphatic carbocycles. The Hall–Kier alpha value is -2.61. The minimum absolute atomic E-state index is 0.140. The summed E-state index contributed by atoms with van der Waals surface area (Å²) in [5, 5.41) is 19.6. The maximum absolute atomic E-state index is 12.2. The summed E-state index contributed by atoms with van der Waals surface area (Å²) in [6, 6.07) is 6.96. The van der Waals surface area contributed by atoms with Crippen LogP contribution < -0.4 is 26.8 Å². The number of hydrogen-bond acceptors (Lipinski definition) is 7. The summed E-state index contributed by atoms with van der Waals surface area (Å²) in [5.74, 6) is 1.46. The van der Waals surface area contributed by atoms with Gasteiger partial charge in [0.05, 0.1) is 16.8 Å². The van der Waals surface area contributed by atoms with E-state index in [0.717, 1.165) is 11.3 Å². The lowest BCUT2D eigenvalue weighted by atomic mass is 10.1. The summed E-state index contributed by atoms with van der Waals surface area (Å²) in [6.07, 6.45) is -0.233. The molecule has 0 saturated carbocycles. The van der Waals surface area contributed by atoms with E-state index in [1.165, 1.54) is 0 Å². The molecule has 3 aromatic rings. The molecule has 2 heterocycles. The summed E-state index contributed by atoms with van der Waals surface area (Å²) in [5.41, 5.74) is 1.01. The monoisotopic (exact) mass is 401 g/mol. The van der Waals surface area contributed by atoms with Crippen LogP contribution in [-0.4, -0.2) is 5.11 Å². The first-order valence-corrected chi connectivity index (χ1v) is 9.44. The van der Waals surface area contributed by atoms with Crippen molar-refractivity contribution < 1.29 is 9.52 Å². The third-order valence-electron chi connectivity index (χ3n) is 5.04. The van der Waals surface area contributed by atoms with Crippen LogP contribution in [0.3, 0.4) is 0 Å². The third-order valence-corrected chi connectivity index (χ3v) is 5.35. The molecule has 2 atom stereocenters. The van der Waals surface area contributed by atoms with Gasteiger partial charge < -0.3 is 20.2 Å². The van der Waals surface area contributed by atoms with Crippen molar-refractivity contribution in [1.29, 1.82) is 0 Å². The van der Waals surface area contributed by atoms with E-state index >= 15 is 0 Å². The van der Waals surface area contributed by atoms with Crippen molar-refractivity contribution in [3.8, 4) is 0 Å². The second-order valence-electron chi connectivity index (χ2n) is 6.87. The normalized spacial score (nSPS) is 16.9. The van der Waals surface area contributed by atoms with Gasteiger partial charge in [0.25, 0.3) is 10.9 Å². The number of aliphatic hydroxyl groups is 1. The summed E-state index contributed by atoms with van der Waals surface area (Å²) in [6.45, 7) is 4.30. The number of aryl methyl sites for hydroxylation is 1. The topological polar surface area (TPSA) is 104 Å². The van der Waals surface area contributed by atoms with Gasteiger partial charge >= 0.3 is 0 Å². The molecular formula is C20H20ClN3O4. The van der Waals surface area contributed by atoms with Crippen molar-refractivity contribution in [2.45, 2.75) is 39.1 Å². The predicted molar refractivity (Wildman–Crippen MR) is 108 cm³/mol. The Balaban J connectivity index is 1.67. The molecule has 0 radical (unpaired) electrons. The Morgan fingerprint density at radius 2 is 1.96 bits per heavy atom. The number of halogens is 1. The Kier molecular flexibility index (Phi) is 4.74. The minimum Gasteiger partial charge on any atom is -0.464 e. The molecule has 0 bridgehead atoms. The minimum atomic E-state index is -0.895. The van der Waals surface area contributed by atoms with Gasteiger partial charge in [-0.15, -0.1) is 0 Å². The number of hydrogen-bond donors (Lipinski definition) is 4. The van der Waals surface area contributed by atoms with Gasteiger partial charge in [0.2, 0.25) is 0 Å². The van der Waals surface area contributed by atoms with Crippen molar-refractivity contribution in [2.24, 2.45) is 0 Å². The molecular weight excluding hydrogens is 382 g/mol. The third kappa shape index (κ3) is 3.01. The maximum atomic E-state index is 12.2. The Labute approximate surface area is 166 Å². The second kappa shape index (κ2) is 7.09. The zero-order valence-electron chi connectivity index (χ0n) is 15.4. The van der Waals surface area contributed by atoms with Gasteiger partial charge in [0, 0.05) is 12.1 Å². The Bertz CT molecular complexity index is 1110. The van der Waals surface area contributed by atoms with Gasteiger partial charge in [-0.3, -0.25) is 14.9 Å². The number of benzene rings is 1. The fourth-order valence-corrected chi connectivity index (χ4v) is 3.71. The van der Waals surface area contributed by atoms with E-state index in [2.05, 4.69) is 16.0 Å². The molecule has 4 rings (SSSR count). The quantitative estimate of drug-likeness (QED) is 0.470. The van der Waals surface area contributed by atoms with Crippen LogP contribution in [0.2, 0.25) is 5.02 Å². The SMILES string of the molecule is CC[C@@H](Nc1c(Nc2c(Cl)ccc3c2C(O)NC3)c(=O)c1=O)c1ccc(C)o1. The smallest absolute Gasteiger partial charge is 0.253 e. The van der Waals surface area contributed by atoms with Crippen LogP contribution >= 0.6 is 11.6 Å². The van der Waals surface area contributed by atoms with E-state index in [4.69, 9.17) is 16.0 Å². The molecule has 146 valence electrons. The van der Waals surface area contributed by atoms with E-state index < -0.39 is 17.1 Å². The number of fused-ring (bicyclic) bond motifs is 1. The lowest BCUT2D eigenvalue weighted by molar-refractivity contribution is 0.152. The molecule has 4 N–H and O–H groups in total. The number of rotatable bonds is 6. The van der Waals surface area contributed by atoms with Crippen molar-refractivity contribution in [3.05, 3.63) is 72.4 Å². The maximum Gasteiger partial charge on any atom is 0.253 e. The van der Waals surface area contributed by atoms with Crippen LogP contribution in [0.1, 0.15) is 48.3 Å². The van der Waals surface area contributed by atoms with E-state index in [9.17, 15) is 14.7 Å². The predicted octanol–water partition coefficient (Wildman–Crippen LogP) is 3.24. The van der Waals surface area contributed by atoms with E-state index in [1.54, 1.807) is 6.07 Å². The molecule has 1 aliphatic heterocycles. The summed E-state index contributed by atoms with van der Waals surface area (Å²) < 4.78 is 5.65. The molecule has 1 unspecified atom stereocenters. The molecule has 7 nitrogen and oxygen atoms in total. The highest BCUT2D eigenvalue weighted by atomic mass is 35.5. The molecule has 0 spiro atoms. The van der Waals surface area contributed by atoms with Gasteiger partial charge in [-0.2, -0.15) is 0 Å². The van der Waals surface area contributed by atoms with Gasteiger partial charge in [0.15, 0.2) is 0 Å². The molecule has 2 aromatic carbocycles. The van der Waals surface area contributed by atoms with Crippen LogP contribution in [0.4, 0.5) is 17.1 Å². The van der Waals surface area contributed by atoms with Gasteiger partial charge in [0.1, 0.15) is 29.1 Å². The molecule has 1 aliphatic rings. The van der Waals surface area contributed by atoms with E-state index in [0.29, 0.717) is 35.0 Å². The summed E-state index contributed by atoms with van der Waals surface area (Å²) in [4.78, 5) is 24.4. The lowest BCUT2D eigenvalue weighted by Crippen LogP contribution is -2.37. The second-order valence-corrected chi connectivity index (χ2v) is 7.27. The van der Waals surface area contributed by atoms with Crippen molar-refractivity contribution in [1.82, 2.24) is 5.32 Å². The highest BCUT2D eigenvalue weighted by molar-refractivity contribution is 6.33. The van der Waals surface area contributed by atoms with Crippen molar-refractivity contribution >= 4 is 28.7 Å². The van der Waals surface area contributed by atoms with Crippen molar-refractivity contribution in [3.63, 3.8) is 0 Å². The first kappa shape index (κ1) is 18.7. The van der Waals surface area contributed by atoms with Crippen LogP contribution in [0.5, 0.6) is 0 Å². The molecule has 0 amide bonds. The van der Waals surface area contributed by atoms with Crippen LogP contribution in [0.15, 0.2) is 38.3 Å². The standard InChI is InChI=1S/C20H20ClN3O4/c1-3-12(13-7-4-9(2)28-13)23-16-17(19(26)18(16)25)24-15-11(21)6-5-10-8-22-20(27)14(10)15/h4-7,12,20,22-24,27H,3,8H2,1-2H3/t12-,20?/m1/s1. The highest BCUT2D eigenvalue weighted by Gasteiger charge is 2.29. The summed E-state index contributed by atoms with van der Waals surface area (Å²) >= 11 is 6.31. The number of nitrogens with one attached hydrogen (secondary N) is 3. The zero-order chi connectivity index (χ0) is 20.0. The summed E-state index contributed by atoms with van der Waals surface area (Å²) in [7, 11) is 0. The first-order chi connectivity index (χ1) is 13.4. The Morgan fingerprint density at radius 3 is 2.64 bits per heavy atom. The fourth-order valence-electron chi connectivity index (χ4n) is 3.50. The number of aliphatic hydroxyl groups excluding tert-OH is 1. The largest absolute Gasteiger partial charge is 0.464 e.